The molecule has 4 nitrogen and oxygen atoms in total. The summed E-state index contributed by atoms with van der Waals surface area (Å²) >= 11 is 0. The molecule has 6 heteroatoms. The normalized spacial score (nSPS) is 10.4. The Bertz CT molecular complexity index is 667. The fourth-order valence-corrected chi connectivity index (χ4v) is 2.50. The van der Waals surface area contributed by atoms with Gasteiger partial charge in [-0.3, -0.25) is 9.69 Å². The number of rotatable bonds is 8. The van der Waals surface area contributed by atoms with Crippen LogP contribution in [0.15, 0.2) is 48.5 Å². The Morgan fingerprint density at radius 2 is 1.88 bits per heavy atom. The molecule has 0 unspecified atom stereocenters. The monoisotopic (exact) mass is 365 g/mol. The topological polar surface area (TPSA) is 58.4 Å². The summed E-state index contributed by atoms with van der Waals surface area (Å²) in [5, 5.41) is 2.63. The van der Waals surface area contributed by atoms with E-state index in [1.165, 1.54) is 11.6 Å². The Morgan fingerprint density at radius 3 is 2.52 bits per heavy atom. The molecule has 3 N–H and O–H groups in total. The van der Waals surface area contributed by atoms with Gasteiger partial charge in [-0.15, -0.1) is 12.4 Å². The molecule has 0 fully saturated rings. The van der Waals surface area contributed by atoms with Gasteiger partial charge in [0.2, 0.25) is 5.91 Å². The second kappa shape index (κ2) is 10.8. The smallest absolute Gasteiger partial charge is 0.238 e. The van der Waals surface area contributed by atoms with Crippen molar-refractivity contribution in [3.63, 3.8) is 0 Å². The zero-order valence-electron chi connectivity index (χ0n) is 14.4. The lowest BCUT2D eigenvalue weighted by atomic mass is 10.1. The van der Waals surface area contributed by atoms with Gasteiger partial charge in [0.25, 0.3) is 0 Å². The van der Waals surface area contributed by atoms with Gasteiger partial charge < -0.3 is 11.1 Å². The van der Waals surface area contributed by atoms with E-state index in [0.717, 1.165) is 18.5 Å². The van der Waals surface area contributed by atoms with Crippen molar-refractivity contribution < 1.29 is 9.18 Å². The highest BCUT2D eigenvalue weighted by atomic mass is 35.5. The molecular formula is C19H25ClFN3O. The van der Waals surface area contributed by atoms with Gasteiger partial charge in [-0.25, -0.2) is 4.39 Å². The van der Waals surface area contributed by atoms with Crippen molar-refractivity contribution in [2.45, 2.75) is 13.3 Å². The molecule has 0 bridgehead atoms. The van der Waals surface area contributed by atoms with Crippen LogP contribution in [0.2, 0.25) is 0 Å². The first-order valence-corrected chi connectivity index (χ1v) is 8.11. The first-order chi connectivity index (χ1) is 11.6. The fraction of sp³-hybridized carbons (Fsp3) is 0.316. The summed E-state index contributed by atoms with van der Waals surface area (Å²) in [5.74, 6) is -0.655. The van der Waals surface area contributed by atoms with Crippen LogP contribution < -0.4 is 11.1 Å². The number of amides is 1. The summed E-state index contributed by atoms with van der Waals surface area (Å²) in [6, 6.07) is 14.8. The van der Waals surface area contributed by atoms with Crippen LogP contribution in [0.25, 0.3) is 0 Å². The zero-order valence-corrected chi connectivity index (χ0v) is 15.2. The maximum atomic E-state index is 13.8. The van der Waals surface area contributed by atoms with Crippen molar-refractivity contribution in [2.24, 2.45) is 5.73 Å². The zero-order chi connectivity index (χ0) is 17.4. The van der Waals surface area contributed by atoms with Gasteiger partial charge in [-0.05, 0) is 36.6 Å². The summed E-state index contributed by atoms with van der Waals surface area (Å²) < 4.78 is 13.8. The van der Waals surface area contributed by atoms with Crippen molar-refractivity contribution in [3.05, 3.63) is 65.5 Å². The number of aryl methyl sites for hydroxylation is 1. The molecule has 0 heterocycles. The van der Waals surface area contributed by atoms with Crippen molar-refractivity contribution in [1.29, 1.82) is 0 Å². The lowest BCUT2D eigenvalue weighted by Crippen LogP contribution is -2.38. The Hall–Kier alpha value is -1.95. The molecule has 0 aliphatic rings. The van der Waals surface area contributed by atoms with Crippen LogP contribution in [0.1, 0.15) is 11.1 Å². The molecule has 0 saturated heterocycles. The summed E-state index contributed by atoms with van der Waals surface area (Å²) in [6.07, 6.45) is 0.840. The van der Waals surface area contributed by atoms with E-state index < -0.39 is 5.82 Å². The third kappa shape index (κ3) is 7.22. The van der Waals surface area contributed by atoms with Crippen molar-refractivity contribution in [2.75, 3.05) is 31.5 Å². The van der Waals surface area contributed by atoms with Crippen molar-refractivity contribution in [3.8, 4) is 0 Å². The van der Waals surface area contributed by atoms with Gasteiger partial charge >= 0.3 is 0 Å². The van der Waals surface area contributed by atoms with Crippen LogP contribution in [0.4, 0.5) is 10.1 Å². The number of benzene rings is 2. The largest absolute Gasteiger partial charge is 0.329 e. The van der Waals surface area contributed by atoms with Crippen LogP contribution in [0.3, 0.4) is 0 Å². The Balaban J connectivity index is 0.00000312. The van der Waals surface area contributed by atoms with Gasteiger partial charge in [0.05, 0.1) is 12.2 Å². The van der Waals surface area contributed by atoms with Crippen LogP contribution >= 0.6 is 12.4 Å². The number of nitrogens with zero attached hydrogens (tertiary/aromatic N) is 1. The van der Waals surface area contributed by atoms with Gasteiger partial charge in [0, 0.05) is 19.6 Å². The summed E-state index contributed by atoms with van der Waals surface area (Å²) in [6.45, 7) is 3.82. The Morgan fingerprint density at radius 1 is 1.16 bits per heavy atom. The minimum absolute atomic E-state index is 0. The number of hydrogen-bond acceptors (Lipinski definition) is 3. The molecule has 0 atom stereocenters. The van der Waals surface area contributed by atoms with E-state index in [-0.39, 0.29) is 30.5 Å². The van der Waals surface area contributed by atoms with Crippen LogP contribution in [-0.4, -0.2) is 37.0 Å². The first-order valence-electron chi connectivity index (χ1n) is 8.11. The molecule has 0 aliphatic carbocycles. The lowest BCUT2D eigenvalue weighted by molar-refractivity contribution is -0.117. The van der Waals surface area contributed by atoms with Crippen molar-refractivity contribution in [1.82, 2.24) is 4.90 Å². The summed E-state index contributed by atoms with van der Waals surface area (Å²) in [4.78, 5) is 14.2. The molecule has 0 spiro atoms. The molecule has 136 valence electrons. The molecular weight excluding hydrogens is 341 g/mol. The summed E-state index contributed by atoms with van der Waals surface area (Å²) in [5.41, 5.74) is 7.87. The van der Waals surface area contributed by atoms with E-state index in [1.807, 2.05) is 23.1 Å². The Labute approximate surface area is 154 Å². The maximum Gasteiger partial charge on any atom is 0.238 e. The predicted octanol–water partition coefficient (Wildman–Crippen LogP) is 3.00. The van der Waals surface area contributed by atoms with E-state index >= 15 is 0 Å². The standard InChI is InChI=1S/C19H24FN3O.ClH/c1-15-7-8-18(17(20)13-15)22-19(24)14-23(12-10-21)11-9-16-5-3-2-4-6-16;/h2-8,13H,9-12,14,21H2,1H3,(H,22,24);1H. The quantitative estimate of drug-likeness (QED) is 0.756. The molecule has 2 aromatic rings. The number of carbonyl (C=O) groups is 1. The van der Waals surface area contributed by atoms with Crippen LogP contribution in [0, 0.1) is 12.7 Å². The molecule has 2 rings (SSSR count). The minimum Gasteiger partial charge on any atom is -0.329 e. The highest BCUT2D eigenvalue weighted by Gasteiger charge is 2.12. The van der Waals surface area contributed by atoms with E-state index in [4.69, 9.17) is 5.73 Å². The first kappa shape index (κ1) is 21.1. The van der Waals surface area contributed by atoms with E-state index in [0.29, 0.717) is 13.1 Å². The number of hydrogen-bond donors (Lipinski definition) is 2. The fourth-order valence-electron chi connectivity index (χ4n) is 2.50. The van der Waals surface area contributed by atoms with Crippen molar-refractivity contribution >= 4 is 24.0 Å². The van der Waals surface area contributed by atoms with Gasteiger partial charge in [-0.2, -0.15) is 0 Å². The van der Waals surface area contributed by atoms with Gasteiger partial charge in [0.15, 0.2) is 0 Å². The number of carbonyl (C=O) groups excluding carboxylic acids is 1. The molecule has 0 aliphatic heterocycles. The second-order valence-corrected chi connectivity index (χ2v) is 5.83. The number of halogens is 2. The molecule has 2 aromatic carbocycles. The molecule has 0 saturated carbocycles. The molecule has 0 aromatic heterocycles. The van der Waals surface area contributed by atoms with E-state index in [2.05, 4.69) is 17.4 Å². The third-order valence-corrected chi connectivity index (χ3v) is 3.77. The SMILES string of the molecule is Cc1ccc(NC(=O)CN(CCN)CCc2ccccc2)c(F)c1.Cl. The number of anilines is 1. The summed E-state index contributed by atoms with van der Waals surface area (Å²) in [7, 11) is 0. The number of nitrogens with one attached hydrogen (secondary N) is 1. The Kier molecular flexibility index (Phi) is 9.13. The van der Waals surface area contributed by atoms with E-state index in [1.54, 1.807) is 19.1 Å². The molecule has 0 radical (unpaired) electrons. The lowest BCUT2D eigenvalue weighted by Gasteiger charge is -2.21. The van der Waals surface area contributed by atoms with Gasteiger partial charge in [0.1, 0.15) is 5.82 Å². The minimum atomic E-state index is -0.419. The third-order valence-electron chi connectivity index (χ3n) is 3.77. The highest BCUT2D eigenvalue weighted by molar-refractivity contribution is 5.92. The van der Waals surface area contributed by atoms with E-state index in [9.17, 15) is 9.18 Å². The second-order valence-electron chi connectivity index (χ2n) is 5.83. The average Bonchev–Trinajstić information content (AvgIpc) is 2.56. The average molecular weight is 366 g/mol. The predicted molar refractivity (Wildman–Crippen MR) is 103 cm³/mol. The number of nitrogens with two attached hydrogens (primary N) is 1. The van der Waals surface area contributed by atoms with Crippen LogP contribution in [0.5, 0.6) is 0 Å². The molecule has 25 heavy (non-hydrogen) atoms. The highest BCUT2D eigenvalue weighted by Crippen LogP contribution is 2.15. The molecule has 1 amide bonds. The van der Waals surface area contributed by atoms with Crippen LogP contribution in [-0.2, 0) is 11.2 Å². The van der Waals surface area contributed by atoms with Gasteiger partial charge in [-0.1, -0.05) is 36.4 Å². The maximum absolute atomic E-state index is 13.8.